The van der Waals surface area contributed by atoms with Crippen molar-refractivity contribution in [2.45, 2.75) is 20.0 Å². The number of nitrogens with one attached hydrogen (secondary N) is 1. The Hall–Kier alpha value is -3.36. The summed E-state index contributed by atoms with van der Waals surface area (Å²) < 4.78 is 5.36. The molecule has 2 aromatic carbocycles. The Kier molecular flexibility index (Phi) is 6.20. The van der Waals surface area contributed by atoms with Crippen LogP contribution in [-0.4, -0.2) is 27.1 Å². The summed E-state index contributed by atoms with van der Waals surface area (Å²) >= 11 is 7.08. The Bertz CT molecular complexity index is 1260. The molecule has 31 heavy (non-hydrogen) atoms. The molecule has 0 fully saturated rings. The second-order valence-corrected chi connectivity index (χ2v) is 8.04. The van der Waals surface area contributed by atoms with Crippen LogP contribution in [0.4, 0.5) is 5.69 Å². The molecule has 2 heterocycles. The first-order chi connectivity index (χ1) is 15.0. The number of ether oxygens (including phenoxy) is 1. The Labute approximate surface area is 187 Å². The van der Waals surface area contributed by atoms with E-state index in [1.165, 1.54) is 11.6 Å². The van der Waals surface area contributed by atoms with Gasteiger partial charge in [-0.15, -0.1) is 10.2 Å². The monoisotopic (exact) mass is 452 g/mol. The van der Waals surface area contributed by atoms with Gasteiger partial charge in [0.25, 0.3) is 5.91 Å². The van der Waals surface area contributed by atoms with Crippen molar-refractivity contribution < 1.29 is 14.3 Å². The van der Waals surface area contributed by atoms with E-state index in [0.717, 1.165) is 17.8 Å². The van der Waals surface area contributed by atoms with Gasteiger partial charge in [-0.25, -0.2) is 9.78 Å². The fourth-order valence-corrected chi connectivity index (χ4v) is 3.78. The van der Waals surface area contributed by atoms with Crippen molar-refractivity contribution in [1.29, 1.82) is 0 Å². The maximum atomic E-state index is 12.6. The van der Waals surface area contributed by atoms with E-state index in [0.29, 0.717) is 27.2 Å². The third-order valence-electron chi connectivity index (χ3n) is 4.51. The molecule has 0 bridgehead atoms. The van der Waals surface area contributed by atoms with Crippen molar-refractivity contribution in [2.75, 3.05) is 5.32 Å². The Morgan fingerprint density at radius 3 is 2.65 bits per heavy atom. The van der Waals surface area contributed by atoms with Gasteiger partial charge in [-0.3, -0.25) is 4.79 Å². The topological polar surface area (TPSA) is 94.1 Å². The Morgan fingerprint density at radius 2 is 1.87 bits per heavy atom. The van der Waals surface area contributed by atoms with Crippen molar-refractivity contribution in [3.8, 4) is 0 Å². The molecule has 9 heteroatoms. The van der Waals surface area contributed by atoms with E-state index in [9.17, 15) is 9.59 Å². The molecule has 7 nitrogen and oxygen atoms in total. The maximum absolute atomic E-state index is 12.6. The van der Waals surface area contributed by atoms with Crippen LogP contribution >= 0.6 is 22.9 Å². The molecule has 156 valence electrons. The largest absolute Gasteiger partial charge is 0.455 e. The van der Waals surface area contributed by atoms with Crippen LogP contribution in [0.5, 0.6) is 0 Å². The lowest BCUT2D eigenvalue weighted by Gasteiger charge is -2.06. The molecule has 0 unspecified atom stereocenters. The van der Waals surface area contributed by atoms with Crippen molar-refractivity contribution in [2.24, 2.45) is 0 Å². The standard InChI is InChI=1S/C22H17ClN4O3S/c1-2-13-7-9-14(10-8-13)24-20(28)21-27-26-19(31-21)12-30-22(29)16-11-18(23)25-17-6-4-3-5-15(16)17/h3-11H,2,12H2,1H3,(H,24,28). The lowest BCUT2D eigenvalue weighted by atomic mass is 10.1. The van der Waals surface area contributed by atoms with E-state index in [4.69, 9.17) is 16.3 Å². The molecule has 0 radical (unpaired) electrons. The molecular weight excluding hydrogens is 436 g/mol. The van der Waals surface area contributed by atoms with E-state index in [1.807, 2.05) is 30.3 Å². The second-order valence-electron chi connectivity index (χ2n) is 6.59. The fraction of sp³-hybridized carbons (Fsp3) is 0.136. The molecule has 0 atom stereocenters. The minimum Gasteiger partial charge on any atom is -0.455 e. The summed E-state index contributed by atoms with van der Waals surface area (Å²) in [4.78, 5) is 29.2. The zero-order valence-corrected chi connectivity index (χ0v) is 18.0. The molecule has 1 N–H and O–H groups in total. The van der Waals surface area contributed by atoms with Crippen LogP contribution in [0.3, 0.4) is 0 Å². The highest BCUT2D eigenvalue weighted by Gasteiger charge is 2.17. The average molecular weight is 453 g/mol. The van der Waals surface area contributed by atoms with Gasteiger partial charge in [0.15, 0.2) is 5.01 Å². The van der Waals surface area contributed by atoms with E-state index < -0.39 is 5.97 Å². The first kappa shape index (κ1) is 20.9. The van der Waals surface area contributed by atoms with Crippen LogP contribution in [0.1, 0.15) is 37.7 Å². The van der Waals surface area contributed by atoms with Gasteiger partial charge in [0.1, 0.15) is 11.8 Å². The summed E-state index contributed by atoms with van der Waals surface area (Å²) in [5, 5.41) is 12.1. The number of fused-ring (bicyclic) bond motifs is 1. The number of amides is 1. The summed E-state index contributed by atoms with van der Waals surface area (Å²) in [7, 11) is 0. The number of pyridine rings is 1. The van der Waals surface area contributed by atoms with Crippen molar-refractivity contribution in [1.82, 2.24) is 15.2 Å². The summed E-state index contributed by atoms with van der Waals surface area (Å²) in [6.07, 6.45) is 0.925. The molecule has 0 saturated heterocycles. The van der Waals surface area contributed by atoms with Crippen LogP contribution in [0.25, 0.3) is 10.9 Å². The van der Waals surface area contributed by atoms with Crippen LogP contribution in [0.2, 0.25) is 5.15 Å². The number of nitrogens with zero attached hydrogens (tertiary/aromatic N) is 3. The summed E-state index contributed by atoms with van der Waals surface area (Å²) in [6, 6.07) is 16.2. The number of esters is 1. The number of rotatable bonds is 6. The number of hydrogen-bond acceptors (Lipinski definition) is 7. The number of aromatic nitrogens is 3. The Balaban J connectivity index is 1.41. The summed E-state index contributed by atoms with van der Waals surface area (Å²) in [5.74, 6) is -0.927. The Morgan fingerprint density at radius 1 is 1.10 bits per heavy atom. The van der Waals surface area contributed by atoms with Crippen LogP contribution in [0, 0.1) is 0 Å². The minimum absolute atomic E-state index is 0.108. The van der Waals surface area contributed by atoms with E-state index in [1.54, 1.807) is 18.2 Å². The lowest BCUT2D eigenvalue weighted by Crippen LogP contribution is -2.11. The van der Waals surface area contributed by atoms with Crippen molar-refractivity contribution in [3.63, 3.8) is 0 Å². The smallest absolute Gasteiger partial charge is 0.339 e. The zero-order chi connectivity index (χ0) is 21.8. The molecule has 2 aromatic heterocycles. The third-order valence-corrected chi connectivity index (χ3v) is 5.60. The van der Waals surface area contributed by atoms with Gasteiger partial charge in [-0.2, -0.15) is 0 Å². The van der Waals surface area contributed by atoms with Gasteiger partial charge in [0.2, 0.25) is 5.01 Å². The van der Waals surface area contributed by atoms with Gasteiger partial charge < -0.3 is 10.1 Å². The average Bonchev–Trinajstić information content (AvgIpc) is 3.26. The molecule has 0 saturated carbocycles. The zero-order valence-electron chi connectivity index (χ0n) is 16.5. The van der Waals surface area contributed by atoms with Crippen molar-refractivity contribution in [3.05, 3.63) is 80.9 Å². The van der Waals surface area contributed by atoms with Crippen LogP contribution in [-0.2, 0) is 17.8 Å². The minimum atomic E-state index is -0.558. The normalized spacial score (nSPS) is 10.8. The lowest BCUT2D eigenvalue weighted by molar-refractivity contribution is 0.0474. The van der Waals surface area contributed by atoms with Crippen molar-refractivity contribution >= 4 is 51.4 Å². The molecule has 4 aromatic rings. The number of halogens is 1. The predicted molar refractivity (Wildman–Crippen MR) is 120 cm³/mol. The number of benzene rings is 2. The predicted octanol–water partition coefficient (Wildman–Crippen LogP) is 4.91. The first-order valence-electron chi connectivity index (χ1n) is 9.48. The molecule has 0 spiro atoms. The summed E-state index contributed by atoms with van der Waals surface area (Å²) in [5.41, 5.74) is 2.77. The fourth-order valence-electron chi connectivity index (χ4n) is 2.93. The van der Waals surface area contributed by atoms with Gasteiger partial charge in [0, 0.05) is 11.1 Å². The number of carbonyl (C=O) groups is 2. The van der Waals surface area contributed by atoms with E-state index >= 15 is 0 Å². The highest BCUT2D eigenvalue weighted by Crippen LogP contribution is 2.22. The summed E-state index contributed by atoms with van der Waals surface area (Å²) in [6.45, 7) is 1.96. The third kappa shape index (κ3) is 4.87. The SMILES string of the molecule is CCc1ccc(NC(=O)c2nnc(COC(=O)c3cc(Cl)nc4ccccc34)s2)cc1. The number of anilines is 1. The molecule has 0 aliphatic rings. The maximum Gasteiger partial charge on any atom is 0.339 e. The molecule has 4 rings (SSSR count). The number of para-hydroxylation sites is 1. The molecule has 1 amide bonds. The second kappa shape index (κ2) is 9.20. The van der Waals surface area contributed by atoms with Gasteiger partial charge in [-0.1, -0.05) is 60.2 Å². The first-order valence-corrected chi connectivity index (χ1v) is 10.7. The van der Waals surface area contributed by atoms with Gasteiger partial charge >= 0.3 is 5.97 Å². The van der Waals surface area contributed by atoms with Crippen LogP contribution in [0.15, 0.2) is 54.6 Å². The van der Waals surface area contributed by atoms with Crippen LogP contribution < -0.4 is 5.32 Å². The number of hydrogen-bond donors (Lipinski definition) is 1. The van der Waals surface area contributed by atoms with E-state index in [2.05, 4.69) is 27.4 Å². The number of aryl methyl sites for hydroxylation is 1. The quantitative estimate of drug-likeness (QED) is 0.330. The molecule has 0 aliphatic carbocycles. The highest BCUT2D eigenvalue weighted by molar-refractivity contribution is 7.13. The van der Waals surface area contributed by atoms with Gasteiger partial charge in [-0.05, 0) is 36.2 Å². The van der Waals surface area contributed by atoms with E-state index in [-0.39, 0.29) is 22.7 Å². The highest BCUT2D eigenvalue weighted by atomic mass is 35.5. The molecule has 0 aliphatic heterocycles. The van der Waals surface area contributed by atoms with Gasteiger partial charge in [0.05, 0.1) is 11.1 Å². The number of carbonyl (C=O) groups excluding carboxylic acids is 2. The molecular formula is C22H17ClN4O3S.